The van der Waals surface area contributed by atoms with Crippen LogP contribution in [0.3, 0.4) is 0 Å². The van der Waals surface area contributed by atoms with Crippen molar-refractivity contribution in [3.63, 3.8) is 0 Å². The number of hydrogen-bond acceptors (Lipinski definition) is 2. The molecule has 2 bridgehead atoms. The van der Waals surface area contributed by atoms with E-state index < -0.39 is 15.8 Å². The second kappa shape index (κ2) is 4.31. The van der Waals surface area contributed by atoms with E-state index in [1.807, 2.05) is 0 Å². The van der Waals surface area contributed by atoms with E-state index >= 15 is 0 Å². The molecule has 0 saturated heterocycles. The Morgan fingerprint density at radius 3 is 2.39 bits per heavy atom. The van der Waals surface area contributed by atoms with E-state index in [2.05, 4.69) is 4.72 Å². The van der Waals surface area contributed by atoms with Crippen LogP contribution in [0.25, 0.3) is 0 Å². The molecular weight excluding hydrogens is 253 g/mol. The normalized spacial score (nSPS) is 30.8. The van der Waals surface area contributed by atoms with Gasteiger partial charge >= 0.3 is 0 Å². The maximum atomic E-state index is 12.8. The van der Waals surface area contributed by atoms with Crippen molar-refractivity contribution in [2.24, 2.45) is 11.8 Å². The Balaban J connectivity index is 1.77. The zero-order valence-electron chi connectivity index (χ0n) is 9.97. The van der Waals surface area contributed by atoms with Crippen LogP contribution in [0.15, 0.2) is 29.2 Å². The molecule has 0 radical (unpaired) electrons. The van der Waals surface area contributed by atoms with Crippen molar-refractivity contribution in [3.05, 3.63) is 30.1 Å². The molecule has 3 atom stereocenters. The van der Waals surface area contributed by atoms with Crippen LogP contribution >= 0.6 is 0 Å². The van der Waals surface area contributed by atoms with E-state index in [4.69, 9.17) is 0 Å². The Hall–Kier alpha value is -0.940. The van der Waals surface area contributed by atoms with E-state index in [1.54, 1.807) is 0 Å². The number of rotatable bonds is 3. The molecule has 3 nitrogen and oxygen atoms in total. The molecule has 18 heavy (non-hydrogen) atoms. The Bertz CT molecular complexity index is 541. The van der Waals surface area contributed by atoms with Gasteiger partial charge in [-0.3, -0.25) is 0 Å². The highest BCUT2D eigenvalue weighted by Gasteiger charge is 2.41. The molecule has 2 saturated carbocycles. The quantitative estimate of drug-likeness (QED) is 0.915. The second-order valence-corrected chi connectivity index (χ2v) is 7.07. The van der Waals surface area contributed by atoms with Crippen LogP contribution in [0.1, 0.15) is 25.7 Å². The number of hydrogen-bond donors (Lipinski definition) is 1. The number of halogens is 1. The summed E-state index contributed by atoms with van der Waals surface area (Å²) in [5.41, 5.74) is 0. The summed E-state index contributed by atoms with van der Waals surface area (Å²) in [7, 11) is -3.50. The maximum absolute atomic E-state index is 12.8. The van der Waals surface area contributed by atoms with Gasteiger partial charge in [-0.05, 0) is 55.4 Å². The number of nitrogens with one attached hydrogen (secondary N) is 1. The van der Waals surface area contributed by atoms with Gasteiger partial charge in [0.1, 0.15) is 5.82 Å². The molecule has 0 heterocycles. The number of sulfonamides is 1. The van der Waals surface area contributed by atoms with Gasteiger partial charge in [-0.25, -0.2) is 17.5 Å². The lowest BCUT2D eigenvalue weighted by Gasteiger charge is -2.22. The first kappa shape index (κ1) is 12.1. The smallest absolute Gasteiger partial charge is 0.208 e. The fourth-order valence-electron chi connectivity index (χ4n) is 3.27. The van der Waals surface area contributed by atoms with Crippen molar-refractivity contribution in [1.29, 1.82) is 0 Å². The molecule has 2 fully saturated rings. The van der Waals surface area contributed by atoms with Gasteiger partial charge in [-0.1, -0.05) is 6.42 Å². The average molecular weight is 269 g/mol. The lowest BCUT2D eigenvalue weighted by molar-refractivity contribution is 0.390. The molecule has 0 aromatic heterocycles. The first-order valence-electron chi connectivity index (χ1n) is 6.32. The Morgan fingerprint density at radius 1 is 1.11 bits per heavy atom. The predicted molar refractivity (Wildman–Crippen MR) is 66.0 cm³/mol. The third-order valence-electron chi connectivity index (χ3n) is 4.17. The summed E-state index contributed by atoms with van der Waals surface area (Å²) in [6.45, 7) is 0. The molecule has 0 aliphatic heterocycles. The minimum atomic E-state index is -3.50. The molecule has 1 aromatic carbocycles. The molecule has 98 valence electrons. The Morgan fingerprint density at radius 2 is 1.83 bits per heavy atom. The fraction of sp³-hybridized carbons (Fsp3) is 0.538. The van der Waals surface area contributed by atoms with Crippen LogP contribution in [0.4, 0.5) is 4.39 Å². The predicted octanol–water partition coefficient (Wildman–Crippen LogP) is 2.29. The summed E-state index contributed by atoms with van der Waals surface area (Å²) >= 11 is 0. The Kier molecular flexibility index (Phi) is 2.90. The van der Waals surface area contributed by atoms with Crippen molar-refractivity contribution in [1.82, 2.24) is 4.72 Å². The molecule has 0 amide bonds. The van der Waals surface area contributed by atoms with Crippen molar-refractivity contribution >= 4 is 10.0 Å². The first-order chi connectivity index (χ1) is 8.54. The highest BCUT2D eigenvalue weighted by molar-refractivity contribution is 7.89. The monoisotopic (exact) mass is 269 g/mol. The topological polar surface area (TPSA) is 46.2 Å². The zero-order chi connectivity index (χ0) is 12.8. The van der Waals surface area contributed by atoms with Gasteiger partial charge in [-0.15, -0.1) is 0 Å². The first-order valence-corrected chi connectivity index (χ1v) is 7.81. The lowest BCUT2D eigenvalue weighted by atomic mass is 9.96. The van der Waals surface area contributed by atoms with Crippen molar-refractivity contribution < 1.29 is 12.8 Å². The summed E-state index contributed by atoms with van der Waals surface area (Å²) in [5, 5.41) is 0. The summed E-state index contributed by atoms with van der Waals surface area (Å²) < 4.78 is 39.8. The van der Waals surface area contributed by atoms with Gasteiger partial charge < -0.3 is 0 Å². The Labute approximate surface area is 106 Å². The molecule has 5 heteroatoms. The molecule has 1 aromatic rings. The standard InChI is InChI=1S/C13H16FNO2S/c14-11-3-5-12(6-4-11)18(16,17)15-13-8-9-1-2-10(13)7-9/h3-6,9-10,13,15H,1-2,7-8H2/t9-,10+,13+/m1/s1. The van der Waals surface area contributed by atoms with Crippen molar-refractivity contribution in [2.45, 2.75) is 36.6 Å². The molecule has 1 N–H and O–H groups in total. The van der Waals surface area contributed by atoms with Crippen LogP contribution in [0.5, 0.6) is 0 Å². The summed E-state index contributed by atoms with van der Waals surface area (Å²) in [4.78, 5) is 0.145. The van der Waals surface area contributed by atoms with Crippen molar-refractivity contribution in [3.8, 4) is 0 Å². The van der Waals surface area contributed by atoms with E-state index in [9.17, 15) is 12.8 Å². The van der Waals surface area contributed by atoms with Crippen LogP contribution in [0, 0.1) is 17.7 Å². The van der Waals surface area contributed by atoms with Gasteiger partial charge in [0.15, 0.2) is 0 Å². The van der Waals surface area contributed by atoms with Gasteiger partial charge in [-0.2, -0.15) is 0 Å². The summed E-state index contributed by atoms with van der Waals surface area (Å²) in [5.74, 6) is 0.759. The van der Waals surface area contributed by atoms with Gasteiger partial charge in [0, 0.05) is 6.04 Å². The summed E-state index contributed by atoms with van der Waals surface area (Å²) in [6.07, 6.45) is 4.46. The molecule has 0 unspecified atom stereocenters. The minimum absolute atomic E-state index is 0.0683. The van der Waals surface area contributed by atoms with Gasteiger partial charge in [0.05, 0.1) is 4.90 Å². The lowest BCUT2D eigenvalue weighted by Crippen LogP contribution is -2.38. The highest BCUT2D eigenvalue weighted by atomic mass is 32.2. The molecule has 3 rings (SSSR count). The largest absolute Gasteiger partial charge is 0.240 e. The SMILES string of the molecule is O=S(=O)(N[C@H]1C[C@@H]2CC[C@H]1C2)c1ccc(F)cc1. The third-order valence-corrected chi connectivity index (χ3v) is 5.67. The van der Waals surface area contributed by atoms with E-state index in [1.165, 1.54) is 30.7 Å². The second-order valence-electron chi connectivity index (χ2n) is 5.36. The number of benzene rings is 1. The van der Waals surface area contributed by atoms with Crippen molar-refractivity contribution in [2.75, 3.05) is 0 Å². The third kappa shape index (κ3) is 2.17. The minimum Gasteiger partial charge on any atom is -0.208 e. The van der Waals surface area contributed by atoms with Crippen LogP contribution in [0.2, 0.25) is 0 Å². The molecular formula is C13H16FNO2S. The van der Waals surface area contributed by atoms with Crippen LogP contribution in [-0.2, 0) is 10.0 Å². The zero-order valence-corrected chi connectivity index (χ0v) is 10.8. The maximum Gasteiger partial charge on any atom is 0.240 e. The van der Waals surface area contributed by atoms with Crippen LogP contribution < -0.4 is 4.72 Å². The van der Waals surface area contributed by atoms with Crippen LogP contribution in [-0.4, -0.2) is 14.5 Å². The van der Waals surface area contributed by atoms with Gasteiger partial charge in [0.25, 0.3) is 0 Å². The average Bonchev–Trinajstić information content (AvgIpc) is 2.91. The van der Waals surface area contributed by atoms with E-state index in [0.29, 0.717) is 11.8 Å². The molecule has 2 aliphatic carbocycles. The van der Waals surface area contributed by atoms with E-state index in [-0.39, 0.29) is 10.9 Å². The molecule has 2 aliphatic rings. The number of fused-ring (bicyclic) bond motifs is 2. The molecule has 0 spiro atoms. The highest BCUT2D eigenvalue weighted by Crippen LogP contribution is 2.44. The van der Waals surface area contributed by atoms with Gasteiger partial charge in [0.2, 0.25) is 10.0 Å². The summed E-state index contributed by atoms with van der Waals surface area (Å²) in [6, 6.07) is 5.04. The van der Waals surface area contributed by atoms with E-state index in [0.717, 1.165) is 19.3 Å². The fourth-order valence-corrected chi connectivity index (χ4v) is 4.59.